The summed E-state index contributed by atoms with van der Waals surface area (Å²) in [6, 6.07) is 11.5. The SMILES string of the molecule is C#CCOc1c(Cl)cc(/C=C2\SC(=Nc3ccc(CC)cc3)NC2=O)cc1Br. The fraction of sp³-hybridized carbons (Fsp3) is 0.143. The molecule has 0 saturated carbocycles. The first kappa shape index (κ1) is 20.5. The van der Waals surface area contributed by atoms with E-state index in [0.29, 0.717) is 25.3 Å². The Morgan fingerprint density at radius 2 is 2.11 bits per heavy atom. The van der Waals surface area contributed by atoms with E-state index in [9.17, 15) is 4.79 Å². The molecule has 2 aromatic rings. The van der Waals surface area contributed by atoms with Crippen LogP contribution >= 0.6 is 39.3 Å². The number of terminal acetylenes is 1. The number of hydrogen-bond acceptors (Lipinski definition) is 4. The van der Waals surface area contributed by atoms with Crippen LogP contribution in [-0.4, -0.2) is 17.7 Å². The third-order valence-corrected chi connectivity index (χ3v) is 5.62. The van der Waals surface area contributed by atoms with Gasteiger partial charge in [-0.05, 0) is 75.6 Å². The van der Waals surface area contributed by atoms with Crippen molar-refractivity contribution < 1.29 is 9.53 Å². The van der Waals surface area contributed by atoms with E-state index in [1.807, 2.05) is 30.3 Å². The molecule has 0 spiro atoms. The summed E-state index contributed by atoms with van der Waals surface area (Å²) in [6.45, 7) is 2.22. The van der Waals surface area contributed by atoms with Gasteiger partial charge in [-0.2, -0.15) is 0 Å². The first-order valence-electron chi connectivity index (χ1n) is 8.44. The summed E-state index contributed by atoms with van der Waals surface area (Å²) in [5.41, 5.74) is 2.79. The van der Waals surface area contributed by atoms with E-state index in [1.165, 1.54) is 17.3 Å². The molecule has 3 rings (SSSR count). The van der Waals surface area contributed by atoms with Gasteiger partial charge in [0.05, 0.1) is 20.1 Å². The van der Waals surface area contributed by atoms with E-state index >= 15 is 0 Å². The minimum Gasteiger partial charge on any atom is -0.478 e. The van der Waals surface area contributed by atoms with Crippen LogP contribution in [0, 0.1) is 12.3 Å². The third kappa shape index (κ3) is 4.99. The molecule has 0 aliphatic carbocycles. The number of nitrogens with zero attached hydrogens (tertiary/aromatic N) is 1. The molecule has 1 heterocycles. The maximum absolute atomic E-state index is 12.3. The molecule has 0 bridgehead atoms. The minimum absolute atomic E-state index is 0.121. The molecular formula is C21H16BrClN2O2S. The van der Waals surface area contributed by atoms with Gasteiger partial charge in [0.25, 0.3) is 5.91 Å². The number of carbonyl (C=O) groups excluding carboxylic acids is 1. The van der Waals surface area contributed by atoms with Crippen molar-refractivity contribution in [3.8, 4) is 18.1 Å². The van der Waals surface area contributed by atoms with E-state index in [4.69, 9.17) is 22.8 Å². The van der Waals surface area contributed by atoms with Gasteiger partial charge < -0.3 is 10.1 Å². The van der Waals surface area contributed by atoms with Crippen molar-refractivity contribution in [2.24, 2.45) is 4.99 Å². The van der Waals surface area contributed by atoms with Gasteiger partial charge in [0.2, 0.25) is 0 Å². The molecule has 1 aliphatic heterocycles. The highest BCUT2D eigenvalue weighted by atomic mass is 79.9. The number of aryl methyl sites for hydroxylation is 1. The number of aliphatic imine (C=N–C) groups is 1. The van der Waals surface area contributed by atoms with Crippen molar-refractivity contribution in [2.75, 3.05) is 6.61 Å². The molecule has 28 heavy (non-hydrogen) atoms. The second-order valence-corrected chi connectivity index (χ2v) is 8.10. The second-order valence-electron chi connectivity index (χ2n) is 5.81. The maximum atomic E-state index is 12.3. The summed E-state index contributed by atoms with van der Waals surface area (Å²) in [6.07, 6.45) is 7.94. The van der Waals surface area contributed by atoms with Crippen molar-refractivity contribution >= 4 is 62.1 Å². The van der Waals surface area contributed by atoms with Crippen LogP contribution in [-0.2, 0) is 11.2 Å². The Kier molecular flexibility index (Phi) is 6.84. The lowest BCUT2D eigenvalue weighted by Crippen LogP contribution is -2.19. The number of benzene rings is 2. The fourth-order valence-electron chi connectivity index (χ4n) is 2.47. The van der Waals surface area contributed by atoms with Gasteiger partial charge in [-0.3, -0.25) is 4.79 Å². The second kappa shape index (κ2) is 9.33. The van der Waals surface area contributed by atoms with Crippen LogP contribution in [0.2, 0.25) is 5.02 Å². The molecule has 0 atom stereocenters. The van der Waals surface area contributed by atoms with Crippen LogP contribution in [0.15, 0.2) is 50.8 Å². The molecule has 4 nitrogen and oxygen atoms in total. The van der Waals surface area contributed by atoms with Crippen molar-refractivity contribution in [1.29, 1.82) is 0 Å². The molecule has 1 amide bonds. The fourth-order valence-corrected chi connectivity index (χ4v) is 4.30. The Hall–Kier alpha value is -2.20. The summed E-state index contributed by atoms with van der Waals surface area (Å²) >= 11 is 11.0. The molecule has 0 radical (unpaired) electrons. The zero-order valence-electron chi connectivity index (χ0n) is 15.0. The van der Waals surface area contributed by atoms with Crippen molar-refractivity contribution in [3.05, 3.63) is 61.9 Å². The smallest absolute Gasteiger partial charge is 0.264 e. The van der Waals surface area contributed by atoms with Gasteiger partial charge >= 0.3 is 0 Å². The predicted octanol–water partition coefficient (Wildman–Crippen LogP) is 5.57. The molecule has 1 fully saturated rings. The quantitative estimate of drug-likeness (QED) is 0.454. The number of carbonyl (C=O) groups is 1. The summed E-state index contributed by atoms with van der Waals surface area (Å²) in [5.74, 6) is 2.67. The van der Waals surface area contributed by atoms with Gasteiger partial charge in [0.15, 0.2) is 10.9 Å². The van der Waals surface area contributed by atoms with Crippen LogP contribution < -0.4 is 10.1 Å². The number of nitrogens with one attached hydrogen (secondary N) is 1. The summed E-state index contributed by atoms with van der Waals surface area (Å²) in [7, 11) is 0. The zero-order chi connectivity index (χ0) is 20.1. The monoisotopic (exact) mass is 474 g/mol. The lowest BCUT2D eigenvalue weighted by molar-refractivity contribution is -0.115. The van der Waals surface area contributed by atoms with Gasteiger partial charge in [-0.1, -0.05) is 36.6 Å². The number of rotatable bonds is 5. The average Bonchev–Trinajstić information content (AvgIpc) is 3.00. The average molecular weight is 476 g/mol. The molecule has 142 valence electrons. The van der Waals surface area contributed by atoms with Crippen LogP contribution in [0.1, 0.15) is 18.1 Å². The molecular weight excluding hydrogens is 460 g/mol. The number of amides is 1. The molecule has 2 aromatic carbocycles. The van der Waals surface area contributed by atoms with E-state index in [2.05, 4.69) is 39.1 Å². The normalized spacial score (nSPS) is 16.3. The molecule has 1 saturated heterocycles. The Balaban J connectivity index is 1.80. The van der Waals surface area contributed by atoms with E-state index in [-0.39, 0.29) is 12.5 Å². The Morgan fingerprint density at radius 3 is 2.75 bits per heavy atom. The van der Waals surface area contributed by atoms with Crippen LogP contribution in [0.4, 0.5) is 5.69 Å². The van der Waals surface area contributed by atoms with Gasteiger partial charge in [0, 0.05) is 0 Å². The predicted molar refractivity (Wildman–Crippen MR) is 120 cm³/mol. The van der Waals surface area contributed by atoms with E-state index in [1.54, 1.807) is 12.1 Å². The summed E-state index contributed by atoms with van der Waals surface area (Å²) < 4.78 is 6.09. The summed E-state index contributed by atoms with van der Waals surface area (Å²) in [5, 5.41) is 3.73. The molecule has 0 unspecified atom stereocenters. The highest BCUT2D eigenvalue weighted by Gasteiger charge is 2.24. The Bertz CT molecular complexity index is 987. The number of thioether (sulfide) groups is 1. The summed E-state index contributed by atoms with van der Waals surface area (Å²) in [4.78, 5) is 17.3. The Labute approximate surface area is 181 Å². The van der Waals surface area contributed by atoms with Gasteiger partial charge in [-0.15, -0.1) is 6.42 Å². The lowest BCUT2D eigenvalue weighted by atomic mass is 10.2. The molecule has 1 N–H and O–H groups in total. The van der Waals surface area contributed by atoms with Crippen molar-refractivity contribution in [1.82, 2.24) is 5.32 Å². The topological polar surface area (TPSA) is 50.7 Å². The third-order valence-electron chi connectivity index (χ3n) is 3.84. The Morgan fingerprint density at radius 1 is 1.36 bits per heavy atom. The number of halogens is 2. The largest absolute Gasteiger partial charge is 0.478 e. The van der Waals surface area contributed by atoms with Crippen molar-refractivity contribution in [2.45, 2.75) is 13.3 Å². The van der Waals surface area contributed by atoms with Crippen LogP contribution in [0.25, 0.3) is 6.08 Å². The van der Waals surface area contributed by atoms with Gasteiger partial charge in [0.1, 0.15) is 6.61 Å². The molecule has 1 aliphatic rings. The maximum Gasteiger partial charge on any atom is 0.264 e. The highest BCUT2D eigenvalue weighted by Crippen LogP contribution is 2.36. The van der Waals surface area contributed by atoms with Gasteiger partial charge in [-0.25, -0.2) is 4.99 Å². The van der Waals surface area contributed by atoms with Crippen LogP contribution in [0.5, 0.6) is 5.75 Å². The highest BCUT2D eigenvalue weighted by molar-refractivity contribution is 9.10. The standard InChI is InChI=1S/C21H16BrClN2O2S/c1-3-9-27-19-16(22)10-14(11-17(19)23)12-18-20(26)25-21(28-18)24-15-7-5-13(4-2)6-8-15/h1,5-8,10-12H,4,9H2,2H3,(H,24,25,26)/b18-12-. The lowest BCUT2D eigenvalue weighted by Gasteiger charge is -2.08. The van der Waals surface area contributed by atoms with E-state index in [0.717, 1.165) is 17.7 Å². The first-order chi connectivity index (χ1) is 13.5. The van der Waals surface area contributed by atoms with Crippen molar-refractivity contribution in [3.63, 3.8) is 0 Å². The minimum atomic E-state index is -0.200. The zero-order valence-corrected chi connectivity index (χ0v) is 18.1. The molecule has 0 aromatic heterocycles. The van der Waals surface area contributed by atoms with Crippen LogP contribution in [0.3, 0.4) is 0 Å². The number of amidine groups is 1. The number of ether oxygens (including phenoxy) is 1. The molecule has 7 heteroatoms. The first-order valence-corrected chi connectivity index (χ1v) is 10.4. The van der Waals surface area contributed by atoms with E-state index < -0.39 is 0 Å². The number of hydrogen-bond donors (Lipinski definition) is 1.